The summed E-state index contributed by atoms with van der Waals surface area (Å²) in [5, 5.41) is 0. The first-order valence-corrected chi connectivity index (χ1v) is 12.3. The van der Waals surface area contributed by atoms with Crippen molar-refractivity contribution in [3.63, 3.8) is 0 Å². The summed E-state index contributed by atoms with van der Waals surface area (Å²) in [4.78, 5) is 26.8. The van der Waals surface area contributed by atoms with Crippen molar-refractivity contribution in [2.45, 2.75) is 37.5 Å². The average molecular weight is 457 g/mol. The van der Waals surface area contributed by atoms with Crippen LogP contribution in [0, 0.1) is 5.92 Å². The van der Waals surface area contributed by atoms with E-state index in [9.17, 15) is 18.0 Å². The number of benzene rings is 2. The fourth-order valence-corrected chi connectivity index (χ4v) is 5.97. The Morgan fingerprint density at radius 1 is 1.00 bits per heavy atom. The van der Waals surface area contributed by atoms with E-state index in [0.717, 1.165) is 29.8 Å². The van der Waals surface area contributed by atoms with Crippen molar-refractivity contribution in [2.24, 2.45) is 5.92 Å². The number of anilines is 1. The molecule has 2 aromatic rings. The average Bonchev–Trinajstić information content (AvgIpc) is 2.83. The van der Waals surface area contributed by atoms with E-state index in [-0.39, 0.29) is 22.5 Å². The molecule has 0 atom stereocenters. The van der Waals surface area contributed by atoms with Crippen LogP contribution in [0.4, 0.5) is 5.69 Å². The number of Topliss-reactive ketones (excluding diaryl/α,β-unsaturated/α-hetero) is 1. The van der Waals surface area contributed by atoms with Gasteiger partial charge in [-0.05, 0) is 68.5 Å². The Bertz CT molecular complexity index is 1120. The van der Waals surface area contributed by atoms with Gasteiger partial charge in [0.25, 0.3) is 0 Å². The molecule has 2 heterocycles. The summed E-state index contributed by atoms with van der Waals surface area (Å²) < 4.78 is 32.8. The van der Waals surface area contributed by atoms with Gasteiger partial charge in [-0.25, -0.2) is 8.42 Å². The number of carbonyl (C=O) groups excluding carboxylic acids is 2. The van der Waals surface area contributed by atoms with Gasteiger partial charge in [-0.1, -0.05) is 12.1 Å². The Morgan fingerprint density at radius 2 is 1.69 bits per heavy atom. The number of piperidine rings is 1. The molecule has 1 fully saturated rings. The highest BCUT2D eigenvalue weighted by molar-refractivity contribution is 7.89. The van der Waals surface area contributed by atoms with Gasteiger partial charge < -0.3 is 9.64 Å². The number of rotatable bonds is 5. The van der Waals surface area contributed by atoms with Crippen LogP contribution in [-0.2, 0) is 21.2 Å². The van der Waals surface area contributed by atoms with Crippen molar-refractivity contribution in [1.29, 1.82) is 0 Å². The summed E-state index contributed by atoms with van der Waals surface area (Å²) in [6.45, 7) is 2.73. The summed E-state index contributed by atoms with van der Waals surface area (Å²) in [5.41, 5.74) is 2.52. The van der Waals surface area contributed by atoms with E-state index >= 15 is 0 Å². The lowest BCUT2D eigenvalue weighted by atomic mass is 9.94. The van der Waals surface area contributed by atoms with Crippen LogP contribution in [0.15, 0.2) is 47.4 Å². The molecule has 1 amide bonds. The number of ether oxygens (including phenoxy) is 1. The first-order valence-electron chi connectivity index (χ1n) is 10.9. The van der Waals surface area contributed by atoms with Gasteiger partial charge in [-0.15, -0.1) is 0 Å². The number of sulfonamides is 1. The van der Waals surface area contributed by atoms with E-state index in [1.165, 1.54) is 35.5 Å². The molecule has 0 N–H and O–H groups in total. The van der Waals surface area contributed by atoms with Crippen LogP contribution in [0.2, 0.25) is 0 Å². The Hall–Kier alpha value is -2.71. The summed E-state index contributed by atoms with van der Waals surface area (Å²) in [7, 11) is -2.02. The number of aryl methyl sites for hydroxylation is 1. The van der Waals surface area contributed by atoms with Crippen molar-refractivity contribution in [3.8, 4) is 5.75 Å². The Morgan fingerprint density at radius 3 is 2.31 bits per heavy atom. The van der Waals surface area contributed by atoms with Crippen LogP contribution in [-0.4, -0.2) is 51.2 Å². The fraction of sp³-hybridized carbons (Fsp3) is 0.417. The number of amides is 1. The highest BCUT2D eigenvalue weighted by Crippen LogP contribution is 2.33. The molecule has 0 aromatic heterocycles. The minimum absolute atomic E-state index is 0.0685. The molecule has 8 heteroatoms. The highest BCUT2D eigenvalue weighted by Gasteiger charge is 2.35. The predicted octanol–water partition coefficient (Wildman–Crippen LogP) is 3.28. The van der Waals surface area contributed by atoms with Crippen molar-refractivity contribution < 1.29 is 22.7 Å². The SMILES string of the molecule is COc1ccc2c(c1)CCCN2C(=O)C1CCN(S(=O)(=O)c2ccc(C(C)=O)cc2)CC1. The van der Waals surface area contributed by atoms with E-state index < -0.39 is 10.0 Å². The van der Waals surface area contributed by atoms with Gasteiger partial charge in [0, 0.05) is 36.8 Å². The lowest BCUT2D eigenvalue weighted by Gasteiger charge is -2.36. The Balaban J connectivity index is 1.44. The third-order valence-corrected chi connectivity index (χ3v) is 8.29. The maximum absolute atomic E-state index is 13.3. The van der Waals surface area contributed by atoms with Crippen molar-refractivity contribution in [2.75, 3.05) is 31.6 Å². The molecule has 32 heavy (non-hydrogen) atoms. The van der Waals surface area contributed by atoms with Gasteiger partial charge in [-0.2, -0.15) is 4.31 Å². The Kier molecular flexibility index (Phi) is 6.35. The molecule has 0 spiro atoms. The van der Waals surface area contributed by atoms with Crippen LogP contribution in [0.25, 0.3) is 0 Å². The zero-order valence-electron chi connectivity index (χ0n) is 18.4. The second-order valence-corrected chi connectivity index (χ2v) is 10.3. The third kappa shape index (κ3) is 4.29. The topological polar surface area (TPSA) is 84.0 Å². The largest absolute Gasteiger partial charge is 0.497 e. The van der Waals surface area contributed by atoms with Gasteiger partial charge in [0.15, 0.2) is 5.78 Å². The van der Waals surface area contributed by atoms with Crippen molar-refractivity contribution in [1.82, 2.24) is 4.31 Å². The van der Waals surface area contributed by atoms with Gasteiger partial charge in [0.2, 0.25) is 15.9 Å². The summed E-state index contributed by atoms with van der Waals surface area (Å²) >= 11 is 0. The van der Waals surface area contributed by atoms with Gasteiger partial charge in [-0.3, -0.25) is 9.59 Å². The first kappa shape index (κ1) is 22.5. The van der Waals surface area contributed by atoms with Crippen LogP contribution in [0.3, 0.4) is 0 Å². The second kappa shape index (κ2) is 9.03. The number of fused-ring (bicyclic) bond motifs is 1. The number of carbonyl (C=O) groups is 2. The highest BCUT2D eigenvalue weighted by atomic mass is 32.2. The molecule has 1 saturated heterocycles. The summed E-state index contributed by atoms with van der Waals surface area (Å²) in [5.74, 6) is 0.549. The quantitative estimate of drug-likeness (QED) is 0.645. The molecular formula is C24H28N2O5S. The molecule has 0 saturated carbocycles. The molecule has 0 bridgehead atoms. The predicted molar refractivity (Wildman–Crippen MR) is 122 cm³/mol. The molecule has 7 nitrogen and oxygen atoms in total. The standard InChI is InChI=1S/C24H28N2O5S/c1-17(27)18-5-8-22(9-6-18)32(29,30)25-14-11-19(12-15-25)24(28)26-13-3-4-20-16-21(31-2)7-10-23(20)26/h5-10,16,19H,3-4,11-15H2,1-2H3. The fourth-order valence-electron chi connectivity index (χ4n) is 4.50. The van der Waals surface area contributed by atoms with E-state index in [1.807, 2.05) is 23.1 Å². The molecule has 0 unspecified atom stereocenters. The Labute approximate surface area is 189 Å². The minimum atomic E-state index is -3.65. The van der Waals surface area contributed by atoms with Crippen LogP contribution < -0.4 is 9.64 Å². The normalized spacial score (nSPS) is 17.6. The van der Waals surface area contributed by atoms with E-state index in [0.29, 0.717) is 38.0 Å². The number of hydrogen-bond donors (Lipinski definition) is 0. The molecule has 2 aliphatic heterocycles. The summed E-state index contributed by atoms with van der Waals surface area (Å²) in [6.07, 6.45) is 2.79. The van der Waals surface area contributed by atoms with Gasteiger partial charge in [0.05, 0.1) is 12.0 Å². The van der Waals surface area contributed by atoms with E-state index in [4.69, 9.17) is 4.74 Å². The number of nitrogens with zero attached hydrogens (tertiary/aromatic N) is 2. The number of methoxy groups -OCH3 is 1. The van der Waals surface area contributed by atoms with Crippen LogP contribution in [0.1, 0.15) is 42.1 Å². The third-order valence-electron chi connectivity index (χ3n) is 6.37. The van der Waals surface area contributed by atoms with E-state index in [2.05, 4.69) is 0 Å². The lowest BCUT2D eigenvalue weighted by molar-refractivity contribution is -0.123. The summed E-state index contributed by atoms with van der Waals surface area (Å²) in [6, 6.07) is 11.8. The molecular weight excluding hydrogens is 428 g/mol. The van der Waals surface area contributed by atoms with Crippen LogP contribution in [0.5, 0.6) is 5.75 Å². The minimum Gasteiger partial charge on any atom is -0.497 e. The number of ketones is 1. The second-order valence-electron chi connectivity index (χ2n) is 8.35. The molecule has 2 aliphatic rings. The first-order chi connectivity index (χ1) is 15.3. The molecule has 0 aliphatic carbocycles. The van der Waals surface area contributed by atoms with Crippen molar-refractivity contribution >= 4 is 27.4 Å². The molecule has 4 rings (SSSR count). The van der Waals surface area contributed by atoms with Crippen molar-refractivity contribution in [3.05, 3.63) is 53.6 Å². The monoisotopic (exact) mass is 456 g/mol. The number of hydrogen-bond acceptors (Lipinski definition) is 5. The maximum Gasteiger partial charge on any atom is 0.243 e. The van der Waals surface area contributed by atoms with E-state index in [1.54, 1.807) is 7.11 Å². The smallest absolute Gasteiger partial charge is 0.243 e. The van der Waals surface area contributed by atoms with Gasteiger partial charge >= 0.3 is 0 Å². The zero-order chi connectivity index (χ0) is 22.9. The lowest BCUT2D eigenvalue weighted by Crippen LogP contribution is -2.45. The van der Waals surface area contributed by atoms with Gasteiger partial charge in [0.1, 0.15) is 5.75 Å². The zero-order valence-corrected chi connectivity index (χ0v) is 19.2. The maximum atomic E-state index is 13.3. The van der Waals surface area contributed by atoms with Crippen LogP contribution >= 0.6 is 0 Å². The molecule has 0 radical (unpaired) electrons. The molecule has 170 valence electrons. The molecule has 2 aromatic carbocycles.